The first-order valence-electron chi connectivity index (χ1n) is 19.9. The molecule has 282 valence electrons. The smallest absolute Gasteiger partial charge is 0.134 e. The Kier molecular flexibility index (Phi) is 10.1. The van der Waals surface area contributed by atoms with Crippen molar-refractivity contribution in [2.45, 2.75) is 84.7 Å². The molecule has 8 heteroatoms. The molecule has 1 N–H and O–H groups in total. The van der Waals surface area contributed by atoms with Crippen molar-refractivity contribution in [1.82, 2.24) is 19.4 Å². The molecule has 6 aromatic rings. The van der Waals surface area contributed by atoms with Crippen LogP contribution in [0.1, 0.15) is 61.8 Å². The van der Waals surface area contributed by atoms with Crippen molar-refractivity contribution < 1.29 is 9.47 Å². The first kappa shape index (κ1) is 36.3. The van der Waals surface area contributed by atoms with Gasteiger partial charge in [-0.25, -0.2) is 0 Å². The molecule has 0 amide bonds. The molecular formula is C47H50N4O2S2. The van der Waals surface area contributed by atoms with Gasteiger partial charge in [0.25, 0.3) is 0 Å². The molecule has 2 atom stereocenters. The molecule has 55 heavy (non-hydrogen) atoms. The minimum Gasteiger partial charge on any atom is -0.488 e. The van der Waals surface area contributed by atoms with Gasteiger partial charge in [0.1, 0.15) is 23.7 Å². The van der Waals surface area contributed by atoms with Crippen LogP contribution in [0.2, 0.25) is 0 Å². The highest BCUT2D eigenvalue weighted by atomic mass is 32.2. The van der Waals surface area contributed by atoms with E-state index in [9.17, 15) is 0 Å². The molecule has 0 spiro atoms. The van der Waals surface area contributed by atoms with Crippen LogP contribution in [0, 0.1) is 0 Å². The summed E-state index contributed by atoms with van der Waals surface area (Å²) in [5.74, 6) is 2.19. The van der Waals surface area contributed by atoms with Crippen LogP contribution in [0.15, 0.2) is 117 Å². The number of fused-ring (bicyclic) bond motifs is 12. The third-order valence-electron chi connectivity index (χ3n) is 11.0. The van der Waals surface area contributed by atoms with Crippen LogP contribution in [0.25, 0.3) is 44.5 Å². The number of aromatic nitrogens is 2. The quantitative estimate of drug-likeness (QED) is 0.166. The minimum absolute atomic E-state index is 0.192. The van der Waals surface area contributed by atoms with E-state index in [0.29, 0.717) is 0 Å². The van der Waals surface area contributed by atoms with Gasteiger partial charge in [0.05, 0.1) is 21.2 Å². The molecule has 0 aliphatic carbocycles. The number of hydrogen-bond acceptors (Lipinski definition) is 6. The van der Waals surface area contributed by atoms with Gasteiger partial charge >= 0.3 is 0 Å². The highest BCUT2D eigenvalue weighted by molar-refractivity contribution is 7.99. The molecule has 2 aromatic heterocycles. The van der Waals surface area contributed by atoms with Gasteiger partial charge in [-0.3, -0.25) is 0 Å². The Morgan fingerprint density at radius 1 is 0.636 bits per heavy atom. The zero-order chi connectivity index (χ0) is 37.6. The summed E-state index contributed by atoms with van der Waals surface area (Å²) in [7, 11) is 6.24. The van der Waals surface area contributed by atoms with Gasteiger partial charge in [-0.1, -0.05) is 110 Å². The molecule has 4 aliphatic heterocycles. The van der Waals surface area contributed by atoms with Gasteiger partial charge in [0, 0.05) is 81.8 Å². The maximum atomic E-state index is 6.65. The maximum absolute atomic E-state index is 6.65. The monoisotopic (exact) mass is 766 g/mol. The lowest BCUT2D eigenvalue weighted by Gasteiger charge is -2.18. The number of ether oxygens (including phenoxy) is 2. The Morgan fingerprint density at radius 3 is 1.58 bits per heavy atom. The third kappa shape index (κ3) is 6.41. The maximum Gasteiger partial charge on any atom is 0.134 e. The number of rotatable bonds is 8. The highest BCUT2D eigenvalue weighted by Gasteiger charge is 2.37. The lowest BCUT2D eigenvalue weighted by molar-refractivity contribution is 0.151. The first-order valence-corrected chi connectivity index (χ1v) is 21.5. The first-order chi connectivity index (χ1) is 27.0. The molecule has 0 fully saturated rings. The zero-order valence-electron chi connectivity index (χ0n) is 32.5. The molecule has 6 nitrogen and oxygen atoms in total. The molecule has 0 bridgehead atoms. The molecular weight excluding hydrogens is 717 g/mol. The van der Waals surface area contributed by atoms with Crippen molar-refractivity contribution in [2.75, 3.05) is 34.2 Å². The third-order valence-corrected chi connectivity index (χ3v) is 13.4. The second-order valence-electron chi connectivity index (χ2n) is 15.2. The molecule has 10 rings (SSSR count). The van der Waals surface area contributed by atoms with Crippen LogP contribution >= 0.6 is 23.5 Å². The van der Waals surface area contributed by atoms with Crippen molar-refractivity contribution in [2.24, 2.45) is 0 Å². The van der Waals surface area contributed by atoms with Gasteiger partial charge in [0.2, 0.25) is 0 Å². The number of hydrogen-bond donors (Lipinski definition) is 1. The Morgan fingerprint density at radius 2 is 1.09 bits per heavy atom. The lowest BCUT2D eigenvalue weighted by atomic mass is 9.98. The average molecular weight is 767 g/mol. The van der Waals surface area contributed by atoms with Crippen LogP contribution in [0.3, 0.4) is 0 Å². The number of nitrogens with zero attached hydrogens (tertiary/aromatic N) is 3. The topological polar surface area (TPSA) is 43.6 Å². The van der Waals surface area contributed by atoms with Crippen LogP contribution in [-0.4, -0.2) is 60.5 Å². The zero-order valence-corrected chi connectivity index (χ0v) is 34.2. The number of likely N-dealkylation sites (N-methyl/N-ethyl adjacent to an activating group) is 2. The van der Waals surface area contributed by atoms with E-state index < -0.39 is 0 Å². The number of nitrogens with one attached hydrogen (secondary N) is 1. The van der Waals surface area contributed by atoms with Crippen LogP contribution in [0.4, 0.5) is 0 Å². The van der Waals surface area contributed by atoms with Crippen LogP contribution in [0.5, 0.6) is 0 Å². The van der Waals surface area contributed by atoms with Crippen molar-refractivity contribution in [3.63, 3.8) is 0 Å². The molecule has 2 unspecified atom stereocenters. The van der Waals surface area contributed by atoms with E-state index in [1.807, 2.05) is 30.6 Å². The second kappa shape index (κ2) is 15.3. The molecule has 4 aliphatic rings. The Labute approximate surface area is 333 Å². The minimum atomic E-state index is 0.192. The Balaban J connectivity index is 0.000000144. The number of benzene rings is 4. The average Bonchev–Trinajstić information content (AvgIpc) is 3.91. The van der Waals surface area contributed by atoms with Crippen molar-refractivity contribution in [1.29, 1.82) is 0 Å². The van der Waals surface area contributed by atoms with Crippen molar-refractivity contribution in [3.8, 4) is 0 Å². The van der Waals surface area contributed by atoms with E-state index in [4.69, 9.17) is 9.47 Å². The van der Waals surface area contributed by atoms with Gasteiger partial charge in [-0.05, 0) is 69.4 Å². The Bertz CT molecular complexity index is 2470. The normalized spacial score (nSPS) is 18.1. The van der Waals surface area contributed by atoms with E-state index in [1.165, 1.54) is 75.0 Å². The van der Waals surface area contributed by atoms with Gasteiger partial charge in [0.15, 0.2) is 0 Å². The molecule has 0 radical (unpaired) electrons. The molecule has 0 saturated heterocycles. The van der Waals surface area contributed by atoms with Crippen molar-refractivity contribution in [3.05, 3.63) is 119 Å². The summed E-state index contributed by atoms with van der Waals surface area (Å²) < 4.78 is 18.2. The van der Waals surface area contributed by atoms with E-state index in [0.717, 1.165) is 63.4 Å². The number of para-hydroxylation sites is 2. The van der Waals surface area contributed by atoms with Gasteiger partial charge < -0.3 is 28.8 Å². The summed E-state index contributed by atoms with van der Waals surface area (Å²) >= 11 is 3.79. The van der Waals surface area contributed by atoms with Gasteiger partial charge in [-0.2, -0.15) is 0 Å². The van der Waals surface area contributed by atoms with Crippen molar-refractivity contribution >= 4 is 68.0 Å². The summed E-state index contributed by atoms with van der Waals surface area (Å²) in [6, 6.07) is 35.2. The fourth-order valence-electron chi connectivity index (χ4n) is 8.85. The van der Waals surface area contributed by atoms with E-state index in [2.05, 4.69) is 144 Å². The fraction of sp³-hybridized carbons (Fsp3) is 0.319. The summed E-state index contributed by atoms with van der Waals surface area (Å²) in [5.41, 5.74) is 10.6. The highest BCUT2D eigenvalue weighted by Crippen LogP contribution is 2.54. The van der Waals surface area contributed by atoms with E-state index in [1.54, 1.807) is 0 Å². The summed E-state index contributed by atoms with van der Waals surface area (Å²) in [6.07, 6.45) is 4.55. The molecule has 4 aromatic carbocycles. The SMILES string of the molecule is CCCn1c2c(c3ccccc31)C1=C(CC(CN(C)C)O1)c1ccccc1S2.CCCn1c2c(c3ccccc31)C1=C(CC(CNC)O1)c1ccccc1S2. The predicted molar refractivity (Wildman–Crippen MR) is 231 cm³/mol. The Hall–Kier alpha value is -4.34. The largest absolute Gasteiger partial charge is 0.488 e. The van der Waals surface area contributed by atoms with Gasteiger partial charge in [-0.15, -0.1) is 0 Å². The predicted octanol–water partition coefficient (Wildman–Crippen LogP) is 11.1. The molecule has 6 heterocycles. The second-order valence-corrected chi connectivity index (χ2v) is 17.3. The van der Waals surface area contributed by atoms with E-state index >= 15 is 0 Å². The lowest BCUT2D eigenvalue weighted by Crippen LogP contribution is -2.25. The van der Waals surface area contributed by atoms with E-state index in [-0.39, 0.29) is 12.2 Å². The summed E-state index contributed by atoms with van der Waals surface area (Å²) in [6.45, 7) is 8.34. The van der Waals surface area contributed by atoms with Crippen LogP contribution in [-0.2, 0) is 22.6 Å². The fourth-order valence-corrected chi connectivity index (χ4v) is 11.4. The summed E-state index contributed by atoms with van der Waals surface area (Å²) in [5, 5.41) is 8.54. The van der Waals surface area contributed by atoms with Crippen LogP contribution < -0.4 is 5.32 Å². The molecule has 0 saturated carbocycles. The standard InChI is InChI=1S/C24H26N2OS.C23H24N2OS/c1-4-13-26-20-11-7-5-10-18(20)22-23-19(14-16(27-23)15-25(2)3)17-9-6-8-12-21(17)28-24(22)26;1-3-12-25-19-10-6-4-9-17(19)21-22-18(13-15(26-22)14-24-2)16-8-5-7-11-20(16)27-23(21)25/h5-12,16H,4,13-15H2,1-3H3;4-11,15,24H,3,12-14H2,1-2H3. The number of aryl methyl sites for hydroxylation is 2. The summed E-state index contributed by atoms with van der Waals surface area (Å²) in [4.78, 5) is 4.89.